The fourth-order valence-corrected chi connectivity index (χ4v) is 2.09. The Hall–Kier alpha value is -1.99. The minimum atomic E-state index is -1.19. The normalized spacial score (nSPS) is 13.7. The summed E-state index contributed by atoms with van der Waals surface area (Å²) in [6, 6.07) is 4.95. The monoisotopic (exact) mass is 355 g/mol. The van der Waals surface area contributed by atoms with Crippen LogP contribution >= 0.6 is 0 Å². The topological polar surface area (TPSA) is 97.2 Å². The van der Waals surface area contributed by atoms with Crippen molar-refractivity contribution in [3.05, 3.63) is 23.8 Å². The van der Waals surface area contributed by atoms with Gasteiger partial charge in [0.2, 0.25) is 0 Å². The fourth-order valence-electron chi connectivity index (χ4n) is 2.09. The molecule has 142 valence electrons. The molecule has 0 saturated carbocycles. The van der Waals surface area contributed by atoms with E-state index in [4.69, 9.17) is 14.2 Å². The number of alkyl carbamates (subject to hydrolysis) is 1. The zero-order chi connectivity index (χ0) is 19.0. The number of benzene rings is 1. The number of hydrogen-bond donors (Lipinski definition) is 3. The highest BCUT2D eigenvalue weighted by molar-refractivity contribution is 5.67. The van der Waals surface area contributed by atoms with E-state index in [0.717, 1.165) is 0 Å². The Labute approximate surface area is 148 Å². The first-order valence-corrected chi connectivity index (χ1v) is 8.40. The molecule has 2 unspecified atom stereocenters. The average molecular weight is 355 g/mol. The quantitative estimate of drug-likeness (QED) is 0.662. The van der Waals surface area contributed by atoms with Gasteiger partial charge in [0.25, 0.3) is 0 Å². The molecular formula is C18H29NO6. The lowest BCUT2D eigenvalue weighted by Gasteiger charge is -2.22. The van der Waals surface area contributed by atoms with Crippen LogP contribution in [0.1, 0.15) is 46.3 Å². The molecule has 3 N–H and O–H groups in total. The van der Waals surface area contributed by atoms with Gasteiger partial charge in [-0.2, -0.15) is 0 Å². The molecule has 0 fully saturated rings. The van der Waals surface area contributed by atoms with Crippen LogP contribution < -0.4 is 14.8 Å². The molecule has 1 amide bonds. The predicted octanol–water partition coefficient (Wildman–Crippen LogP) is 2.40. The number of rotatable bonds is 8. The molecule has 0 heterocycles. The fraction of sp³-hybridized carbons (Fsp3) is 0.611. The summed E-state index contributed by atoms with van der Waals surface area (Å²) >= 11 is 0. The summed E-state index contributed by atoms with van der Waals surface area (Å²) in [5.74, 6) is 1.06. The van der Waals surface area contributed by atoms with Gasteiger partial charge in [-0.1, -0.05) is 6.07 Å². The van der Waals surface area contributed by atoms with Crippen molar-refractivity contribution in [2.45, 2.75) is 52.4 Å². The van der Waals surface area contributed by atoms with Crippen LogP contribution in [0.4, 0.5) is 4.79 Å². The van der Waals surface area contributed by atoms with Gasteiger partial charge < -0.3 is 29.7 Å². The maximum Gasteiger partial charge on any atom is 0.407 e. The molecule has 2 atom stereocenters. The summed E-state index contributed by atoms with van der Waals surface area (Å²) in [6.45, 7) is 9.73. The van der Waals surface area contributed by atoms with Crippen molar-refractivity contribution >= 4 is 6.09 Å². The number of hydrogen-bond acceptors (Lipinski definition) is 6. The van der Waals surface area contributed by atoms with Crippen LogP contribution in [0.25, 0.3) is 0 Å². The summed E-state index contributed by atoms with van der Waals surface area (Å²) in [7, 11) is 0. The molecule has 0 radical (unpaired) electrons. The maximum atomic E-state index is 11.6. The van der Waals surface area contributed by atoms with E-state index < -0.39 is 23.9 Å². The smallest absolute Gasteiger partial charge is 0.407 e. The summed E-state index contributed by atoms with van der Waals surface area (Å²) < 4.78 is 16.1. The highest BCUT2D eigenvalue weighted by Crippen LogP contribution is 2.31. The molecule has 1 aromatic rings. The van der Waals surface area contributed by atoms with Crippen molar-refractivity contribution in [1.82, 2.24) is 5.32 Å². The van der Waals surface area contributed by atoms with Gasteiger partial charge in [0.15, 0.2) is 11.5 Å². The first kappa shape index (κ1) is 21.1. The second-order valence-electron chi connectivity index (χ2n) is 6.47. The van der Waals surface area contributed by atoms with Gasteiger partial charge in [-0.15, -0.1) is 0 Å². The van der Waals surface area contributed by atoms with Crippen LogP contribution in [0.3, 0.4) is 0 Å². The van der Waals surface area contributed by atoms with Crippen molar-refractivity contribution in [2.75, 3.05) is 19.8 Å². The summed E-state index contributed by atoms with van der Waals surface area (Å²) in [5, 5.41) is 22.9. The van der Waals surface area contributed by atoms with E-state index in [-0.39, 0.29) is 6.54 Å². The third-order valence-electron chi connectivity index (χ3n) is 3.13. The Morgan fingerprint density at radius 2 is 1.72 bits per heavy atom. The number of nitrogens with one attached hydrogen (secondary N) is 1. The lowest BCUT2D eigenvalue weighted by Crippen LogP contribution is -2.38. The zero-order valence-corrected chi connectivity index (χ0v) is 15.5. The third kappa shape index (κ3) is 7.19. The Bertz CT molecular complexity index is 555. The Morgan fingerprint density at radius 1 is 1.12 bits per heavy atom. The van der Waals surface area contributed by atoms with Crippen LogP contribution in [0.15, 0.2) is 18.2 Å². The van der Waals surface area contributed by atoms with Crippen molar-refractivity contribution in [3.63, 3.8) is 0 Å². The Balaban J connectivity index is 2.72. The molecule has 0 spiro atoms. The number of aliphatic hydroxyl groups is 2. The number of ether oxygens (including phenoxy) is 3. The van der Waals surface area contributed by atoms with Crippen molar-refractivity contribution < 1.29 is 29.2 Å². The maximum absolute atomic E-state index is 11.6. The third-order valence-corrected chi connectivity index (χ3v) is 3.13. The summed E-state index contributed by atoms with van der Waals surface area (Å²) in [4.78, 5) is 11.6. The highest BCUT2D eigenvalue weighted by atomic mass is 16.6. The number of carbonyl (C=O) groups excluding carboxylic acids is 1. The SMILES string of the molecule is CCOc1ccc(C(O)C(O)CNC(=O)OC(C)(C)C)cc1OCC. The van der Waals surface area contributed by atoms with Crippen LogP contribution in [0, 0.1) is 0 Å². The second-order valence-corrected chi connectivity index (χ2v) is 6.47. The van der Waals surface area contributed by atoms with Gasteiger partial charge in [-0.3, -0.25) is 0 Å². The molecule has 0 bridgehead atoms. The van der Waals surface area contributed by atoms with Crippen LogP contribution in [0.5, 0.6) is 11.5 Å². The van der Waals surface area contributed by atoms with Gasteiger partial charge in [-0.05, 0) is 52.3 Å². The van der Waals surface area contributed by atoms with Crippen LogP contribution in [-0.4, -0.2) is 47.8 Å². The summed E-state index contributed by atoms with van der Waals surface area (Å²) in [5.41, 5.74) is -0.166. The molecule has 0 aliphatic rings. The molecule has 1 rings (SSSR count). The molecule has 7 nitrogen and oxygen atoms in total. The molecule has 1 aromatic carbocycles. The van der Waals surface area contributed by atoms with E-state index in [0.29, 0.717) is 30.3 Å². The molecule has 25 heavy (non-hydrogen) atoms. The molecule has 0 aliphatic carbocycles. The van der Waals surface area contributed by atoms with E-state index >= 15 is 0 Å². The molecule has 7 heteroatoms. The van der Waals surface area contributed by atoms with E-state index in [1.165, 1.54) is 0 Å². The van der Waals surface area contributed by atoms with Gasteiger partial charge in [0.1, 0.15) is 17.8 Å². The highest BCUT2D eigenvalue weighted by Gasteiger charge is 2.22. The first-order valence-electron chi connectivity index (χ1n) is 8.40. The minimum Gasteiger partial charge on any atom is -0.490 e. The standard InChI is InChI=1S/C18H29NO6/c1-6-23-14-9-8-12(10-15(14)24-7-2)16(21)13(20)11-19-17(22)25-18(3,4)5/h8-10,13,16,20-21H,6-7,11H2,1-5H3,(H,19,22). The summed E-state index contributed by atoms with van der Waals surface area (Å²) in [6.07, 6.45) is -3.04. The molecule has 0 aromatic heterocycles. The van der Waals surface area contributed by atoms with Gasteiger partial charge in [-0.25, -0.2) is 4.79 Å². The molecular weight excluding hydrogens is 326 g/mol. The van der Waals surface area contributed by atoms with Crippen molar-refractivity contribution in [2.24, 2.45) is 0 Å². The van der Waals surface area contributed by atoms with Gasteiger partial charge in [0, 0.05) is 6.54 Å². The zero-order valence-electron chi connectivity index (χ0n) is 15.5. The van der Waals surface area contributed by atoms with Gasteiger partial charge >= 0.3 is 6.09 Å². The Morgan fingerprint density at radius 3 is 2.28 bits per heavy atom. The second kappa shape index (κ2) is 9.48. The van der Waals surface area contributed by atoms with E-state index in [1.54, 1.807) is 39.0 Å². The number of carbonyl (C=O) groups is 1. The van der Waals surface area contributed by atoms with Crippen LogP contribution in [-0.2, 0) is 4.74 Å². The largest absolute Gasteiger partial charge is 0.490 e. The predicted molar refractivity (Wildman–Crippen MR) is 94.0 cm³/mol. The first-order chi connectivity index (χ1) is 11.7. The van der Waals surface area contributed by atoms with E-state index in [9.17, 15) is 15.0 Å². The van der Waals surface area contributed by atoms with E-state index in [1.807, 2.05) is 13.8 Å². The lowest BCUT2D eigenvalue weighted by molar-refractivity contribution is 0.0128. The average Bonchev–Trinajstić information content (AvgIpc) is 2.52. The molecule has 0 aliphatic heterocycles. The van der Waals surface area contributed by atoms with Crippen molar-refractivity contribution in [3.8, 4) is 11.5 Å². The lowest BCUT2D eigenvalue weighted by atomic mass is 10.0. The van der Waals surface area contributed by atoms with E-state index in [2.05, 4.69) is 5.32 Å². The van der Waals surface area contributed by atoms with Crippen LogP contribution in [0.2, 0.25) is 0 Å². The van der Waals surface area contributed by atoms with Gasteiger partial charge in [0.05, 0.1) is 13.2 Å². The van der Waals surface area contributed by atoms with Crippen molar-refractivity contribution in [1.29, 1.82) is 0 Å². The molecule has 0 saturated heterocycles. The Kier molecular flexibility index (Phi) is 7.99. The number of aliphatic hydroxyl groups excluding tert-OH is 2. The minimum absolute atomic E-state index is 0.146. The number of amides is 1.